The standard InChI is InChI=1S/C27H28Cl2N2O2/c1-3-25(27(33)30-2)31(18-19-14-15-23(28)24(29)16-19)26(32)17-22(20-10-6-4-7-11-20)21-12-8-5-9-13-21/h4-16,22,25H,3,17-18H2,1-2H3,(H,30,33). The molecule has 3 aromatic rings. The maximum atomic E-state index is 13.8. The monoisotopic (exact) mass is 482 g/mol. The van der Waals surface area contributed by atoms with E-state index in [9.17, 15) is 9.59 Å². The van der Waals surface area contributed by atoms with Gasteiger partial charge >= 0.3 is 0 Å². The molecule has 0 heterocycles. The molecule has 4 nitrogen and oxygen atoms in total. The van der Waals surface area contributed by atoms with E-state index in [-0.39, 0.29) is 30.7 Å². The molecule has 0 fully saturated rings. The van der Waals surface area contributed by atoms with Gasteiger partial charge in [-0.25, -0.2) is 0 Å². The van der Waals surface area contributed by atoms with Gasteiger partial charge in [-0.05, 0) is 35.2 Å². The van der Waals surface area contributed by atoms with E-state index < -0.39 is 6.04 Å². The quantitative estimate of drug-likeness (QED) is 0.402. The number of benzene rings is 3. The Morgan fingerprint density at radius 2 is 1.45 bits per heavy atom. The van der Waals surface area contributed by atoms with Gasteiger partial charge in [0.2, 0.25) is 11.8 Å². The highest BCUT2D eigenvalue weighted by atomic mass is 35.5. The third-order valence-corrected chi connectivity index (χ3v) is 6.49. The Hall–Kier alpha value is -2.82. The molecule has 1 N–H and O–H groups in total. The van der Waals surface area contributed by atoms with Crippen LogP contribution in [0.2, 0.25) is 10.0 Å². The fraction of sp³-hybridized carbons (Fsp3) is 0.259. The molecule has 0 spiro atoms. The Morgan fingerprint density at radius 1 is 0.879 bits per heavy atom. The molecule has 1 unspecified atom stereocenters. The zero-order chi connectivity index (χ0) is 23.8. The summed E-state index contributed by atoms with van der Waals surface area (Å²) in [5, 5.41) is 3.56. The summed E-state index contributed by atoms with van der Waals surface area (Å²) in [5.74, 6) is -0.422. The molecule has 0 aliphatic rings. The smallest absolute Gasteiger partial charge is 0.242 e. The summed E-state index contributed by atoms with van der Waals surface area (Å²) >= 11 is 12.3. The maximum Gasteiger partial charge on any atom is 0.242 e. The summed E-state index contributed by atoms with van der Waals surface area (Å²) in [7, 11) is 1.59. The average Bonchev–Trinajstić information content (AvgIpc) is 2.85. The van der Waals surface area contributed by atoms with Crippen molar-refractivity contribution in [2.24, 2.45) is 0 Å². The largest absolute Gasteiger partial charge is 0.357 e. The van der Waals surface area contributed by atoms with E-state index in [0.717, 1.165) is 16.7 Å². The van der Waals surface area contributed by atoms with Gasteiger partial charge in [0.05, 0.1) is 10.0 Å². The minimum atomic E-state index is -0.593. The summed E-state index contributed by atoms with van der Waals surface area (Å²) in [4.78, 5) is 28.1. The van der Waals surface area contributed by atoms with E-state index in [1.54, 1.807) is 24.1 Å². The first kappa shape index (κ1) is 24.8. The Morgan fingerprint density at radius 3 is 1.94 bits per heavy atom. The number of carbonyl (C=O) groups excluding carboxylic acids is 2. The number of nitrogens with one attached hydrogen (secondary N) is 1. The van der Waals surface area contributed by atoms with Crippen molar-refractivity contribution in [3.63, 3.8) is 0 Å². The fourth-order valence-electron chi connectivity index (χ4n) is 4.01. The van der Waals surface area contributed by atoms with Gasteiger partial charge in [-0.15, -0.1) is 0 Å². The van der Waals surface area contributed by atoms with Crippen LogP contribution in [0, 0.1) is 0 Å². The third kappa shape index (κ3) is 6.37. The average molecular weight is 483 g/mol. The van der Waals surface area contributed by atoms with Crippen LogP contribution in [0.15, 0.2) is 78.9 Å². The first-order chi connectivity index (χ1) is 15.9. The van der Waals surface area contributed by atoms with Crippen molar-refractivity contribution in [2.45, 2.75) is 38.3 Å². The van der Waals surface area contributed by atoms with Crippen molar-refractivity contribution in [1.29, 1.82) is 0 Å². The normalized spacial score (nSPS) is 11.8. The first-order valence-corrected chi connectivity index (χ1v) is 11.7. The highest BCUT2D eigenvalue weighted by Crippen LogP contribution is 2.30. The molecule has 0 bridgehead atoms. The molecule has 0 saturated carbocycles. The van der Waals surface area contributed by atoms with Gasteiger partial charge in [0.25, 0.3) is 0 Å². The van der Waals surface area contributed by atoms with Gasteiger partial charge < -0.3 is 10.2 Å². The van der Waals surface area contributed by atoms with E-state index in [1.165, 1.54) is 0 Å². The summed E-state index contributed by atoms with van der Waals surface area (Å²) in [6.07, 6.45) is 0.733. The second kappa shape index (κ2) is 11.9. The van der Waals surface area contributed by atoms with E-state index >= 15 is 0 Å². The SMILES string of the molecule is CCC(C(=O)NC)N(Cc1ccc(Cl)c(Cl)c1)C(=O)CC(c1ccccc1)c1ccccc1. The van der Waals surface area contributed by atoms with Gasteiger partial charge in [-0.1, -0.05) is 96.9 Å². The second-order valence-electron chi connectivity index (χ2n) is 7.89. The van der Waals surface area contributed by atoms with Crippen molar-refractivity contribution < 1.29 is 9.59 Å². The van der Waals surface area contributed by atoms with Crippen LogP contribution >= 0.6 is 23.2 Å². The molecule has 0 aromatic heterocycles. The zero-order valence-electron chi connectivity index (χ0n) is 18.8. The summed E-state index contributed by atoms with van der Waals surface area (Å²) in [6, 6.07) is 24.6. The third-order valence-electron chi connectivity index (χ3n) is 5.75. The topological polar surface area (TPSA) is 49.4 Å². The van der Waals surface area contributed by atoms with Crippen LogP contribution in [0.1, 0.15) is 42.4 Å². The molecule has 33 heavy (non-hydrogen) atoms. The summed E-state index contributed by atoms with van der Waals surface area (Å²) < 4.78 is 0. The van der Waals surface area contributed by atoms with E-state index in [0.29, 0.717) is 16.5 Å². The van der Waals surface area contributed by atoms with Crippen molar-refractivity contribution >= 4 is 35.0 Å². The van der Waals surface area contributed by atoms with Crippen molar-refractivity contribution in [2.75, 3.05) is 7.05 Å². The predicted molar refractivity (Wildman–Crippen MR) is 135 cm³/mol. The van der Waals surface area contributed by atoms with Crippen LogP contribution in [0.25, 0.3) is 0 Å². The van der Waals surface area contributed by atoms with Crippen LogP contribution in [-0.4, -0.2) is 29.8 Å². The lowest BCUT2D eigenvalue weighted by Crippen LogP contribution is -2.48. The Bertz CT molecular complexity index is 1030. The number of amides is 2. The molecular formula is C27H28Cl2N2O2. The van der Waals surface area contributed by atoms with Crippen LogP contribution in [0.4, 0.5) is 0 Å². The minimum Gasteiger partial charge on any atom is -0.357 e. The molecule has 0 saturated heterocycles. The molecule has 3 aromatic carbocycles. The van der Waals surface area contributed by atoms with Crippen LogP contribution in [-0.2, 0) is 16.1 Å². The number of hydrogen-bond donors (Lipinski definition) is 1. The van der Waals surface area contributed by atoms with Crippen LogP contribution in [0.5, 0.6) is 0 Å². The highest BCUT2D eigenvalue weighted by Gasteiger charge is 2.30. The summed E-state index contributed by atoms with van der Waals surface area (Å²) in [5.41, 5.74) is 2.93. The van der Waals surface area contributed by atoms with Gasteiger partial charge in [-0.3, -0.25) is 9.59 Å². The summed E-state index contributed by atoms with van der Waals surface area (Å²) in [6.45, 7) is 2.17. The number of hydrogen-bond acceptors (Lipinski definition) is 2. The Kier molecular flexibility index (Phi) is 8.93. The van der Waals surface area contributed by atoms with E-state index in [1.807, 2.05) is 73.7 Å². The number of rotatable bonds is 9. The van der Waals surface area contributed by atoms with Crippen molar-refractivity contribution in [3.05, 3.63) is 106 Å². The minimum absolute atomic E-state index is 0.103. The number of carbonyl (C=O) groups is 2. The van der Waals surface area contributed by atoms with Gasteiger partial charge in [0.15, 0.2) is 0 Å². The molecule has 1 atom stereocenters. The molecule has 2 amide bonds. The maximum absolute atomic E-state index is 13.8. The molecule has 3 rings (SSSR count). The lowest BCUT2D eigenvalue weighted by atomic mass is 9.88. The zero-order valence-corrected chi connectivity index (χ0v) is 20.3. The number of nitrogens with zero attached hydrogens (tertiary/aromatic N) is 1. The number of likely N-dealkylation sites (N-methyl/N-ethyl adjacent to an activating group) is 1. The Balaban J connectivity index is 1.96. The van der Waals surface area contributed by atoms with Gasteiger partial charge in [-0.2, -0.15) is 0 Å². The first-order valence-electron chi connectivity index (χ1n) is 11.0. The molecule has 172 valence electrons. The highest BCUT2D eigenvalue weighted by molar-refractivity contribution is 6.42. The predicted octanol–water partition coefficient (Wildman–Crippen LogP) is 6.07. The second-order valence-corrected chi connectivity index (χ2v) is 8.70. The van der Waals surface area contributed by atoms with E-state index in [4.69, 9.17) is 23.2 Å². The Labute approximate surface area is 205 Å². The fourth-order valence-corrected chi connectivity index (χ4v) is 4.33. The molecule has 0 aliphatic heterocycles. The molecular weight excluding hydrogens is 455 g/mol. The number of halogens is 2. The van der Waals surface area contributed by atoms with Crippen LogP contribution < -0.4 is 5.32 Å². The van der Waals surface area contributed by atoms with Gasteiger partial charge in [0, 0.05) is 25.9 Å². The van der Waals surface area contributed by atoms with Crippen LogP contribution in [0.3, 0.4) is 0 Å². The van der Waals surface area contributed by atoms with Crippen molar-refractivity contribution in [1.82, 2.24) is 10.2 Å². The van der Waals surface area contributed by atoms with Crippen molar-refractivity contribution in [3.8, 4) is 0 Å². The molecule has 0 aliphatic carbocycles. The lowest BCUT2D eigenvalue weighted by Gasteiger charge is -2.32. The lowest BCUT2D eigenvalue weighted by molar-refractivity contribution is -0.141. The molecule has 6 heteroatoms. The molecule has 0 radical (unpaired) electrons. The van der Waals surface area contributed by atoms with E-state index in [2.05, 4.69) is 5.32 Å². The van der Waals surface area contributed by atoms with Gasteiger partial charge in [0.1, 0.15) is 6.04 Å².